The normalized spacial score (nSPS) is 12.7. The number of halogens is 1. The number of aliphatic imine (C=N–C) groups is 1. The second-order valence-electron chi connectivity index (χ2n) is 5.06. The van der Waals surface area contributed by atoms with Gasteiger partial charge in [0.25, 0.3) is 0 Å². The fourth-order valence-electron chi connectivity index (χ4n) is 2.19. The van der Waals surface area contributed by atoms with Gasteiger partial charge in [0.15, 0.2) is 12.4 Å². The first-order valence-corrected chi connectivity index (χ1v) is 7.70. The lowest BCUT2D eigenvalue weighted by atomic mass is 10.0. The maximum Gasteiger partial charge on any atom is 0.237 e. The van der Waals surface area contributed by atoms with Gasteiger partial charge in [-0.3, -0.25) is 4.79 Å². The van der Waals surface area contributed by atoms with Crippen LogP contribution >= 0.6 is 0 Å². The van der Waals surface area contributed by atoms with E-state index in [0.717, 1.165) is 0 Å². The minimum absolute atomic E-state index is 0.158. The van der Waals surface area contributed by atoms with Crippen molar-refractivity contribution in [2.75, 3.05) is 6.54 Å². The number of aliphatic hydroxyl groups excluding tert-OH is 1. The second-order valence-corrected chi connectivity index (χ2v) is 5.48. The van der Waals surface area contributed by atoms with Crippen LogP contribution in [0.25, 0.3) is 0 Å². The fraction of sp³-hybridized carbons (Fsp3) is 0.167. The van der Waals surface area contributed by atoms with Gasteiger partial charge >= 0.3 is 0 Å². The summed E-state index contributed by atoms with van der Waals surface area (Å²) in [6.45, 7) is 3.73. The monoisotopic (exact) mass is 344 g/mol. The summed E-state index contributed by atoms with van der Waals surface area (Å²) in [7, 11) is 0. The third kappa shape index (κ3) is 4.31. The van der Waals surface area contributed by atoms with E-state index in [1.807, 2.05) is 0 Å². The first kappa shape index (κ1) is 17.9. The molecule has 1 N–H and O–H groups in total. The van der Waals surface area contributed by atoms with Gasteiger partial charge in [-0.15, -0.1) is 6.58 Å². The van der Waals surface area contributed by atoms with Crippen molar-refractivity contribution in [1.29, 1.82) is 0 Å². The predicted octanol–water partition coefficient (Wildman–Crippen LogP) is 2.16. The highest BCUT2D eigenvalue weighted by Gasteiger charge is 2.28. The summed E-state index contributed by atoms with van der Waals surface area (Å²) in [4.78, 5) is 17.1. The molecule has 1 atom stereocenters. The van der Waals surface area contributed by atoms with Gasteiger partial charge in [-0.05, 0) is 35.4 Å². The number of benzene rings is 1. The van der Waals surface area contributed by atoms with Crippen LogP contribution in [-0.2, 0) is 19.2 Å². The molecule has 2 rings (SSSR count). The fourth-order valence-corrected chi connectivity index (χ4v) is 2.49. The Balaban J connectivity index is 2.47. The highest BCUT2D eigenvalue weighted by molar-refractivity contribution is 7.77. The van der Waals surface area contributed by atoms with Crippen LogP contribution < -0.4 is 4.57 Å². The molecule has 0 bridgehead atoms. The molecule has 2 aromatic rings. The van der Waals surface area contributed by atoms with E-state index in [-0.39, 0.29) is 17.4 Å². The number of Topliss-reactive ketones (excluding diaryl/α,β-unsaturated/α-hetero) is 1. The average Bonchev–Trinajstić information content (AvgIpc) is 2.60. The van der Waals surface area contributed by atoms with E-state index < -0.39 is 11.9 Å². The van der Waals surface area contributed by atoms with Gasteiger partial charge in [-0.1, -0.05) is 6.08 Å². The largest absolute Gasteiger partial charge is 0.758 e. The van der Waals surface area contributed by atoms with Gasteiger partial charge in [0, 0.05) is 17.2 Å². The summed E-state index contributed by atoms with van der Waals surface area (Å²) in [5.41, 5.74) is 0.973. The molecular weight excluding hydrogens is 327 g/mol. The van der Waals surface area contributed by atoms with E-state index >= 15 is 0 Å². The van der Waals surface area contributed by atoms with Crippen LogP contribution in [0.2, 0.25) is 0 Å². The van der Waals surface area contributed by atoms with Crippen LogP contribution in [0.5, 0.6) is 0 Å². The highest BCUT2D eigenvalue weighted by Crippen LogP contribution is 2.13. The van der Waals surface area contributed by atoms with Crippen LogP contribution in [0, 0.1) is 5.82 Å². The first-order chi connectivity index (χ1) is 11.6. The van der Waals surface area contributed by atoms with E-state index in [4.69, 9.17) is 12.6 Å². The zero-order chi connectivity index (χ0) is 17.5. The molecule has 0 spiro atoms. The summed E-state index contributed by atoms with van der Waals surface area (Å²) in [5, 5.41) is 9.50. The first-order valence-electron chi connectivity index (χ1n) is 7.29. The summed E-state index contributed by atoms with van der Waals surface area (Å²) in [6, 6.07) is 7.88. The molecule has 0 fully saturated rings. The highest BCUT2D eigenvalue weighted by atomic mass is 32.1. The Labute approximate surface area is 145 Å². The third-order valence-corrected chi connectivity index (χ3v) is 3.70. The number of pyridine rings is 1. The zero-order valence-corrected chi connectivity index (χ0v) is 13.7. The zero-order valence-electron chi connectivity index (χ0n) is 12.9. The van der Waals surface area contributed by atoms with Crippen LogP contribution in [0.15, 0.2) is 66.4 Å². The van der Waals surface area contributed by atoms with Gasteiger partial charge in [0.05, 0.1) is 13.2 Å². The molecular formula is C18H17FN2O2S. The topological polar surface area (TPSA) is 53.5 Å². The standard InChI is InChI=1S/C18H17FN2O2S/c1-2-9-20-18(24)16(21-10-3-4-13(11-21)12-22)17(23)14-5-7-15(19)8-6-14/h2-8,10-11,16,22H,1,9,12H2. The predicted molar refractivity (Wildman–Crippen MR) is 92.2 cm³/mol. The molecule has 6 heteroatoms. The van der Waals surface area contributed by atoms with Crippen molar-refractivity contribution in [3.05, 3.63) is 78.4 Å². The Morgan fingerprint density at radius 3 is 2.71 bits per heavy atom. The second kappa shape index (κ2) is 8.42. The maximum absolute atomic E-state index is 13.1. The molecule has 0 saturated heterocycles. The lowest BCUT2D eigenvalue weighted by Gasteiger charge is -2.18. The van der Waals surface area contributed by atoms with Crippen LogP contribution in [0.3, 0.4) is 0 Å². The number of hydrogen-bond donors (Lipinski definition) is 1. The van der Waals surface area contributed by atoms with Crippen molar-refractivity contribution in [2.45, 2.75) is 12.6 Å². The molecule has 0 aliphatic carbocycles. The Morgan fingerprint density at radius 2 is 2.08 bits per heavy atom. The summed E-state index contributed by atoms with van der Waals surface area (Å²) in [6.07, 6.45) is 4.91. The minimum atomic E-state index is -0.850. The number of aromatic nitrogens is 1. The van der Waals surface area contributed by atoms with Crippen molar-refractivity contribution in [2.24, 2.45) is 4.99 Å². The summed E-state index contributed by atoms with van der Waals surface area (Å²) in [5.74, 6) is -0.718. The minimum Gasteiger partial charge on any atom is -0.758 e. The molecule has 0 aliphatic rings. The number of rotatable bonds is 7. The van der Waals surface area contributed by atoms with E-state index in [2.05, 4.69) is 11.6 Å². The van der Waals surface area contributed by atoms with Crippen LogP contribution in [0.1, 0.15) is 22.0 Å². The molecule has 0 radical (unpaired) electrons. The van der Waals surface area contributed by atoms with Crippen molar-refractivity contribution in [1.82, 2.24) is 0 Å². The number of hydrogen-bond acceptors (Lipinski definition) is 4. The van der Waals surface area contributed by atoms with E-state index in [1.165, 1.54) is 24.3 Å². The van der Waals surface area contributed by atoms with Crippen molar-refractivity contribution in [3.63, 3.8) is 0 Å². The Hall–Kier alpha value is -2.44. The Kier molecular flexibility index (Phi) is 6.28. The van der Waals surface area contributed by atoms with Crippen molar-refractivity contribution < 1.29 is 18.9 Å². The van der Waals surface area contributed by atoms with Gasteiger partial charge in [0.1, 0.15) is 5.82 Å². The number of aliphatic hydroxyl groups is 1. The average molecular weight is 344 g/mol. The molecule has 4 nitrogen and oxygen atoms in total. The SMILES string of the molecule is C=CCN=C([S-])C(C(=O)c1ccc(F)cc1)[n+]1cccc(CO)c1. The molecule has 124 valence electrons. The summed E-state index contributed by atoms with van der Waals surface area (Å²) >= 11 is 5.31. The number of carbonyl (C=O) groups excluding carboxylic acids is 1. The molecule has 1 aromatic heterocycles. The number of carbonyl (C=O) groups is 1. The molecule has 1 aromatic carbocycles. The molecule has 0 saturated carbocycles. The van der Waals surface area contributed by atoms with Gasteiger partial charge in [0.2, 0.25) is 11.8 Å². The molecule has 1 heterocycles. The lowest BCUT2D eigenvalue weighted by Crippen LogP contribution is -2.48. The van der Waals surface area contributed by atoms with Gasteiger partial charge < -0.3 is 22.7 Å². The van der Waals surface area contributed by atoms with Gasteiger partial charge in [-0.25, -0.2) is 4.39 Å². The van der Waals surface area contributed by atoms with Crippen LogP contribution in [-0.4, -0.2) is 22.5 Å². The molecule has 0 amide bonds. The van der Waals surface area contributed by atoms with Crippen LogP contribution in [0.4, 0.5) is 4.39 Å². The smallest absolute Gasteiger partial charge is 0.237 e. The quantitative estimate of drug-likeness (QED) is 0.209. The van der Waals surface area contributed by atoms with E-state index in [0.29, 0.717) is 17.7 Å². The molecule has 1 unspecified atom stereocenters. The Bertz CT molecular complexity index is 760. The number of nitrogens with zero attached hydrogens (tertiary/aromatic N) is 2. The van der Waals surface area contributed by atoms with Crippen molar-refractivity contribution >= 4 is 23.5 Å². The van der Waals surface area contributed by atoms with Crippen molar-refractivity contribution in [3.8, 4) is 0 Å². The third-order valence-electron chi connectivity index (χ3n) is 3.35. The summed E-state index contributed by atoms with van der Waals surface area (Å²) < 4.78 is 14.7. The number of ketones is 1. The van der Waals surface area contributed by atoms with E-state index in [1.54, 1.807) is 35.2 Å². The molecule has 0 aliphatic heterocycles. The van der Waals surface area contributed by atoms with Gasteiger partial charge in [-0.2, -0.15) is 4.57 Å². The Morgan fingerprint density at radius 1 is 1.38 bits per heavy atom. The van der Waals surface area contributed by atoms with E-state index in [9.17, 15) is 14.3 Å². The molecule has 24 heavy (non-hydrogen) atoms. The maximum atomic E-state index is 13.1. The lowest BCUT2D eigenvalue weighted by molar-refractivity contribution is -0.692.